The summed E-state index contributed by atoms with van der Waals surface area (Å²) < 4.78 is 26.3. The molecule has 0 fully saturated rings. The number of carboxylic acid groups (broad SMARTS) is 1. The normalized spacial score (nSPS) is 13.5. The Morgan fingerprint density at radius 3 is 2.82 bits per heavy atom. The Balaban J connectivity index is 2.97. The van der Waals surface area contributed by atoms with Crippen molar-refractivity contribution >= 4 is 39.1 Å². The second kappa shape index (κ2) is 5.85. The van der Waals surface area contributed by atoms with E-state index in [9.17, 15) is 13.2 Å². The van der Waals surface area contributed by atoms with Crippen LogP contribution in [0.15, 0.2) is 16.3 Å². The van der Waals surface area contributed by atoms with Crippen LogP contribution in [-0.2, 0) is 10.0 Å². The summed E-state index contributed by atoms with van der Waals surface area (Å²) in [7, 11) is -3.75. The van der Waals surface area contributed by atoms with Crippen molar-refractivity contribution in [2.75, 3.05) is 12.0 Å². The van der Waals surface area contributed by atoms with E-state index < -0.39 is 16.0 Å². The second-order valence-corrected chi connectivity index (χ2v) is 6.91. The van der Waals surface area contributed by atoms with Gasteiger partial charge < -0.3 is 5.11 Å². The van der Waals surface area contributed by atoms with Gasteiger partial charge in [-0.3, -0.25) is 0 Å². The van der Waals surface area contributed by atoms with E-state index in [1.54, 1.807) is 6.92 Å². The van der Waals surface area contributed by atoms with E-state index in [1.165, 1.54) is 23.2 Å². The summed E-state index contributed by atoms with van der Waals surface area (Å²) in [6.45, 7) is 1.74. The summed E-state index contributed by atoms with van der Waals surface area (Å²) >= 11 is 2.42. The van der Waals surface area contributed by atoms with E-state index in [1.807, 2.05) is 6.26 Å². The molecule has 1 heterocycles. The summed E-state index contributed by atoms with van der Waals surface area (Å²) in [5.41, 5.74) is 0. The van der Waals surface area contributed by atoms with Crippen LogP contribution in [0.4, 0.5) is 0 Å². The van der Waals surface area contributed by atoms with Crippen molar-refractivity contribution in [2.24, 2.45) is 0 Å². The minimum Gasteiger partial charge on any atom is -0.477 e. The van der Waals surface area contributed by atoms with E-state index in [0.717, 1.165) is 11.3 Å². The van der Waals surface area contributed by atoms with Gasteiger partial charge in [0.15, 0.2) is 0 Å². The van der Waals surface area contributed by atoms with Crippen molar-refractivity contribution in [3.05, 3.63) is 16.3 Å². The van der Waals surface area contributed by atoms with Crippen LogP contribution in [0.5, 0.6) is 0 Å². The van der Waals surface area contributed by atoms with Crippen LogP contribution >= 0.6 is 23.1 Å². The topological polar surface area (TPSA) is 83.5 Å². The number of sulfonamides is 1. The van der Waals surface area contributed by atoms with Gasteiger partial charge in [-0.05, 0) is 24.6 Å². The zero-order valence-electron chi connectivity index (χ0n) is 9.34. The first kappa shape index (κ1) is 14.5. The van der Waals surface area contributed by atoms with E-state index in [0.29, 0.717) is 5.75 Å². The molecule has 0 amide bonds. The average molecular weight is 295 g/mol. The summed E-state index contributed by atoms with van der Waals surface area (Å²) in [6, 6.07) is 1.07. The lowest BCUT2D eigenvalue weighted by Gasteiger charge is -2.12. The Bertz CT molecular complexity index is 494. The first-order valence-corrected chi connectivity index (χ1v) is 8.46. The Labute approximate surface area is 108 Å². The lowest BCUT2D eigenvalue weighted by Crippen LogP contribution is -2.34. The summed E-state index contributed by atoms with van der Waals surface area (Å²) in [6.07, 6.45) is 1.87. The molecular formula is C9H13NO4S3. The number of thiophene rings is 1. The van der Waals surface area contributed by atoms with E-state index in [4.69, 9.17) is 5.11 Å². The highest BCUT2D eigenvalue weighted by Crippen LogP contribution is 2.22. The predicted octanol–water partition coefficient (Wildman–Crippen LogP) is 1.48. The molecule has 1 aromatic heterocycles. The van der Waals surface area contributed by atoms with Gasteiger partial charge >= 0.3 is 5.97 Å². The minimum absolute atomic E-state index is 0.158. The van der Waals surface area contributed by atoms with Crippen LogP contribution in [0.1, 0.15) is 16.6 Å². The van der Waals surface area contributed by atoms with Crippen molar-refractivity contribution in [2.45, 2.75) is 17.9 Å². The minimum atomic E-state index is -3.75. The Kier molecular flexibility index (Phi) is 4.99. The molecule has 0 saturated carbocycles. The highest BCUT2D eigenvalue weighted by atomic mass is 32.2. The Hall–Kier alpha value is -0.570. The fourth-order valence-electron chi connectivity index (χ4n) is 1.28. The van der Waals surface area contributed by atoms with Gasteiger partial charge in [-0.2, -0.15) is 11.8 Å². The largest absolute Gasteiger partial charge is 0.477 e. The van der Waals surface area contributed by atoms with Crippen molar-refractivity contribution in [3.8, 4) is 0 Å². The monoisotopic (exact) mass is 295 g/mol. The highest BCUT2D eigenvalue weighted by Gasteiger charge is 2.24. The van der Waals surface area contributed by atoms with E-state index in [2.05, 4.69) is 4.72 Å². The molecule has 0 aromatic carbocycles. The zero-order chi connectivity index (χ0) is 13.1. The van der Waals surface area contributed by atoms with Crippen molar-refractivity contribution in [1.29, 1.82) is 0 Å². The van der Waals surface area contributed by atoms with Gasteiger partial charge in [0.25, 0.3) is 0 Å². The smallest absolute Gasteiger partial charge is 0.347 e. The van der Waals surface area contributed by atoms with Gasteiger partial charge in [0.05, 0.1) is 0 Å². The first-order valence-electron chi connectivity index (χ1n) is 4.70. The SMILES string of the molecule is CSCC(C)NS(=O)(=O)c1ccsc1C(=O)O. The summed E-state index contributed by atoms with van der Waals surface area (Å²) in [4.78, 5) is 10.5. The molecule has 0 saturated heterocycles. The maximum Gasteiger partial charge on any atom is 0.347 e. The molecule has 8 heteroatoms. The van der Waals surface area contributed by atoms with Crippen molar-refractivity contribution in [1.82, 2.24) is 4.72 Å². The molecule has 96 valence electrons. The third-order valence-electron chi connectivity index (χ3n) is 1.89. The van der Waals surface area contributed by atoms with Gasteiger partial charge in [-0.1, -0.05) is 0 Å². The van der Waals surface area contributed by atoms with Gasteiger partial charge in [0, 0.05) is 11.8 Å². The molecule has 0 aliphatic rings. The van der Waals surface area contributed by atoms with Crippen LogP contribution in [0.25, 0.3) is 0 Å². The van der Waals surface area contributed by atoms with Gasteiger partial charge in [-0.25, -0.2) is 17.9 Å². The number of aromatic carboxylic acids is 1. The summed E-state index contributed by atoms with van der Waals surface area (Å²) in [5, 5.41) is 10.3. The molecule has 0 bridgehead atoms. The molecule has 1 aromatic rings. The molecule has 17 heavy (non-hydrogen) atoms. The fourth-order valence-corrected chi connectivity index (χ4v) is 4.47. The fraction of sp³-hybridized carbons (Fsp3) is 0.444. The maximum atomic E-state index is 11.9. The van der Waals surface area contributed by atoms with Crippen LogP contribution in [0, 0.1) is 0 Å². The Morgan fingerprint density at radius 1 is 1.65 bits per heavy atom. The van der Waals surface area contributed by atoms with Crippen LogP contribution in [0.3, 0.4) is 0 Å². The molecule has 1 unspecified atom stereocenters. The maximum absolute atomic E-state index is 11.9. The molecule has 0 spiro atoms. The van der Waals surface area contributed by atoms with E-state index >= 15 is 0 Å². The molecule has 1 atom stereocenters. The highest BCUT2D eigenvalue weighted by molar-refractivity contribution is 7.98. The molecule has 0 aliphatic carbocycles. The predicted molar refractivity (Wildman–Crippen MR) is 69.4 cm³/mol. The number of hydrogen-bond acceptors (Lipinski definition) is 5. The lowest BCUT2D eigenvalue weighted by atomic mass is 10.4. The number of hydrogen-bond donors (Lipinski definition) is 2. The lowest BCUT2D eigenvalue weighted by molar-refractivity contribution is 0.0698. The molecule has 2 N–H and O–H groups in total. The number of nitrogens with one attached hydrogen (secondary N) is 1. The van der Waals surface area contributed by atoms with Crippen LogP contribution in [0.2, 0.25) is 0 Å². The average Bonchev–Trinajstić information content (AvgIpc) is 2.65. The molecule has 1 rings (SSSR count). The Morgan fingerprint density at radius 2 is 2.29 bits per heavy atom. The van der Waals surface area contributed by atoms with Gasteiger partial charge in [0.2, 0.25) is 10.0 Å². The number of carboxylic acids is 1. The van der Waals surface area contributed by atoms with Gasteiger partial charge in [-0.15, -0.1) is 11.3 Å². The standard InChI is InChI=1S/C9H13NO4S3/c1-6(5-15-2)10-17(13,14)7-3-4-16-8(7)9(11)12/h3-4,6,10H,5H2,1-2H3,(H,11,12). The third-order valence-corrected chi connectivity index (χ3v) is 5.38. The van der Waals surface area contributed by atoms with Crippen LogP contribution < -0.4 is 4.72 Å². The second-order valence-electron chi connectivity index (χ2n) is 3.40. The third kappa shape index (κ3) is 3.70. The van der Waals surface area contributed by atoms with Crippen LogP contribution in [-0.4, -0.2) is 37.5 Å². The van der Waals surface area contributed by atoms with Gasteiger partial charge in [0.1, 0.15) is 9.77 Å². The molecule has 0 radical (unpaired) electrons. The first-order chi connectivity index (χ1) is 7.88. The molecule has 0 aliphatic heterocycles. The molecule has 5 nitrogen and oxygen atoms in total. The van der Waals surface area contributed by atoms with Crippen molar-refractivity contribution in [3.63, 3.8) is 0 Å². The number of thioether (sulfide) groups is 1. The number of rotatable bonds is 6. The zero-order valence-corrected chi connectivity index (χ0v) is 11.8. The number of carbonyl (C=O) groups is 1. The summed E-state index contributed by atoms with van der Waals surface area (Å²) in [5.74, 6) is -0.593. The van der Waals surface area contributed by atoms with E-state index in [-0.39, 0.29) is 15.8 Å². The molecular weight excluding hydrogens is 282 g/mol. The van der Waals surface area contributed by atoms with Crippen molar-refractivity contribution < 1.29 is 18.3 Å². The quantitative estimate of drug-likeness (QED) is 0.830.